The molecule has 1 fully saturated rings. The van der Waals surface area contributed by atoms with Crippen molar-refractivity contribution in [3.63, 3.8) is 0 Å². The number of nitrogens with zero attached hydrogens (tertiary/aromatic N) is 1. The number of benzene rings is 2. The highest BCUT2D eigenvalue weighted by molar-refractivity contribution is 5.73. The molecule has 0 spiro atoms. The summed E-state index contributed by atoms with van der Waals surface area (Å²) in [5, 5.41) is 9.29. The van der Waals surface area contributed by atoms with E-state index in [1.54, 1.807) is 12.1 Å². The van der Waals surface area contributed by atoms with Crippen molar-refractivity contribution in [2.75, 3.05) is 6.54 Å². The lowest BCUT2D eigenvalue weighted by Crippen LogP contribution is -2.40. The average Bonchev–Trinajstić information content (AvgIpc) is 2.77. The van der Waals surface area contributed by atoms with Crippen LogP contribution in [0.5, 0.6) is 0 Å². The number of rotatable bonds is 9. The highest BCUT2D eigenvalue weighted by Gasteiger charge is 2.32. The molecular weight excluding hydrogens is 425 g/mol. The summed E-state index contributed by atoms with van der Waals surface area (Å²) in [6.45, 7) is 13.5. The molecule has 1 N–H and O–H groups in total. The molecule has 2 aromatic rings. The summed E-state index contributed by atoms with van der Waals surface area (Å²) in [5.41, 5.74) is 4.27. The Hall–Kier alpha value is -2.20. The Labute approximate surface area is 205 Å². The second-order valence-electron chi connectivity index (χ2n) is 11.6. The third-order valence-electron chi connectivity index (χ3n) is 7.49. The minimum absolute atomic E-state index is 0.0116. The van der Waals surface area contributed by atoms with Gasteiger partial charge in [0.1, 0.15) is 5.82 Å². The van der Waals surface area contributed by atoms with Crippen LogP contribution in [-0.4, -0.2) is 28.6 Å². The lowest BCUT2D eigenvalue weighted by molar-refractivity contribution is -0.136. The van der Waals surface area contributed by atoms with Crippen LogP contribution < -0.4 is 0 Å². The Morgan fingerprint density at radius 1 is 1.06 bits per heavy atom. The summed E-state index contributed by atoms with van der Waals surface area (Å²) in [7, 11) is 0. The van der Waals surface area contributed by atoms with Gasteiger partial charge in [0.25, 0.3) is 0 Å². The zero-order chi connectivity index (χ0) is 24.9. The van der Waals surface area contributed by atoms with Crippen LogP contribution in [0.25, 0.3) is 11.1 Å². The maximum atomic E-state index is 13.6. The summed E-state index contributed by atoms with van der Waals surface area (Å²) < 4.78 is 13.6. The Morgan fingerprint density at radius 2 is 1.71 bits per heavy atom. The molecule has 0 saturated heterocycles. The normalized spacial score (nSPS) is 19.1. The fraction of sp³-hybridized carbons (Fsp3) is 0.567. The Morgan fingerprint density at radius 3 is 2.26 bits per heavy atom. The third-order valence-corrected chi connectivity index (χ3v) is 7.49. The molecule has 0 aliphatic heterocycles. The molecule has 1 aliphatic carbocycles. The molecule has 0 radical (unpaired) electrons. The summed E-state index contributed by atoms with van der Waals surface area (Å²) >= 11 is 0. The van der Waals surface area contributed by atoms with Crippen molar-refractivity contribution in [1.82, 2.24) is 4.90 Å². The summed E-state index contributed by atoms with van der Waals surface area (Å²) in [5.74, 6) is 0.317. The molecular formula is C30H42FNO2. The van der Waals surface area contributed by atoms with Crippen LogP contribution in [0.15, 0.2) is 42.5 Å². The van der Waals surface area contributed by atoms with Gasteiger partial charge in [-0.1, -0.05) is 65.0 Å². The predicted molar refractivity (Wildman–Crippen MR) is 138 cm³/mol. The largest absolute Gasteiger partial charge is 0.481 e. The van der Waals surface area contributed by atoms with Gasteiger partial charge in [0.15, 0.2) is 0 Å². The standard InChI is InChI=1S/C30H42FNO2/c1-21(2)16-17-32(27-14-10-25(11-15-27)30(3,4)5)20-24-7-6-22(19-29(33)34)18-28(24)23-8-12-26(31)13-9-23/h6-9,12-13,18,21,25,27H,10-11,14-17,19-20H2,1-5H3,(H,33,34). The predicted octanol–water partition coefficient (Wildman–Crippen LogP) is 7.57. The molecule has 34 heavy (non-hydrogen) atoms. The van der Waals surface area contributed by atoms with Gasteiger partial charge >= 0.3 is 5.97 Å². The van der Waals surface area contributed by atoms with Gasteiger partial charge in [-0.25, -0.2) is 4.39 Å². The molecule has 2 aromatic carbocycles. The summed E-state index contributed by atoms with van der Waals surface area (Å²) in [6, 6.07) is 13.1. The molecule has 1 saturated carbocycles. The smallest absolute Gasteiger partial charge is 0.307 e. The minimum Gasteiger partial charge on any atom is -0.481 e. The van der Waals surface area contributed by atoms with Gasteiger partial charge < -0.3 is 5.11 Å². The molecule has 4 heteroatoms. The topological polar surface area (TPSA) is 40.5 Å². The number of halogens is 1. The lowest BCUT2D eigenvalue weighted by atomic mass is 9.71. The first kappa shape index (κ1) is 26.4. The van der Waals surface area contributed by atoms with Gasteiger partial charge in [-0.2, -0.15) is 0 Å². The van der Waals surface area contributed by atoms with Gasteiger partial charge in [-0.3, -0.25) is 9.69 Å². The van der Waals surface area contributed by atoms with Gasteiger partial charge in [0.05, 0.1) is 6.42 Å². The van der Waals surface area contributed by atoms with Crippen molar-refractivity contribution < 1.29 is 14.3 Å². The quantitative estimate of drug-likeness (QED) is 0.413. The second kappa shape index (κ2) is 11.5. The first-order valence-corrected chi connectivity index (χ1v) is 12.9. The van der Waals surface area contributed by atoms with Crippen LogP contribution in [0.3, 0.4) is 0 Å². The van der Waals surface area contributed by atoms with Crippen LogP contribution in [-0.2, 0) is 17.8 Å². The Balaban J connectivity index is 1.88. The van der Waals surface area contributed by atoms with E-state index in [2.05, 4.69) is 45.6 Å². The zero-order valence-electron chi connectivity index (χ0n) is 21.6. The monoisotopic (exact) mass is 467 g/mol. The number of carbonyl (C=O) groups is 1. The lowest BCUT2D eigenvalue weighted by Gasteiger charge is -2.41. The number of hydrogen-bond donors (Lipinski definition) is 1. The van der Waals surface area contributed by atoms with Crippen molar-refractivity contribution in [3.05, 3.63) is 59.4 Å². The van der Waals surface area contributed by atoms with Crippen LogP contribution in [0, 0.1) is 23.1 Å². The number of hydrogen-bond acceptors (Lipinski definition) is 2. The second-order valence-corrected chi connectivity index (χ2v) is 11.6. The van der Waals surface area contributed by atoms with E-state index in [1.165, 1.54) is 43.4 Å². The van der Waals surface area contributed by atoms with Crippen LogP contribution in [0.1, 0.15) is 77.8 Å². The van der Waals surface area contributed by atoms with Crippen LogP contribution >= 0.6 is 0 Å². The van der Waals surface area contributed by atoms with Crippen molar-refractivity contribution in [1.29, 1.82) is 0 Å². The molecule has 0 aromatic heterocycles. The summed E-state index contributed by atoms with van der Waals surface area (Å²) in [6.07, 6.45) is 6.14. The fourth-order valence-electron chi connectivity index (χ4n) is 5.28. The fourth-order valence-corrected chi connectivity index (χ4v) is 5.28. The van der Waals surface area contributed by atoms with Crippen LogP contribution in [0.2, 0.25) is 0 Å². The molecule has 0 atom stereocenters. The average molecular weight is 468 g/mol. The van der Waals surface area contributed by atoms with E-state index in [0.717, 1.165) is 42.1 Å². The number of carboxylic acids is 1. The van der Waals surface area contributed by atoms with E-state index in [1.807, 2.05) is 12.1 Å². The molecule has 186 valence electrons. The third kappa shape index (κ3) is 7.40. The van der Waals surface area contributed by atoms with Gasteiger partial charge in [0, 0.05) is 12.6 Å². The molecule has 0 heterocycles. The Kier molecular flexibility index (Phi) is 8.92. The molecule has 0 bridgehead atoms. The summed E-state index contributed by atoms with van der Waals surface area (Å²) in [4.78, 5) is 14.0. The number of aliphatic carboxylic acids is 1. The van der Waals surface area contributed by atoms with E-state index in [0.29, 0.717) is 17.4 Å². The molecule has 0 amide bonds. The van der Waals surface area contributed by atoms with Crippen molar-refractivity contribution >= 4 is 5.97 Å². The van der Waals surface area contributed by atoms with E-state index in [4.69, 9.17) is 0 Å². The molecule has 3 nitrogen and oxygen atoms in total. The van der Waals surface area contributed by atoms with Gasteiger partial charge in [-0.15, -0.1) is 0 Å². The maximum Gasteiger partial charge on any atom is 0.307 e. The van der Waals surface area contributed by atoms with Crippen molar-refractivity contribution in [2.45, 2.75) is 85.7 Å². The minimum atomic E-state index is -0.841. The van der Waals surface area contributed by atoms with Gasteiger partial charge in [0.2, 0.25) is 0 Å². The van der Waals surface area contributed by atoms with E-state index >= 15 is 0 Å². The van der Waals surface area contributed by atoms with E-state index < -0.39 is 5.97 Å². The van der Waals surface area contributed by atoms with E-state index in [-0.39, 0.29) is 12.2 Å². The molecule has 3 rings (SSSR count). The van der Waals surface area contributed by atoms with Crippen LogP contribution in [0.4, 0.5) is 4.39 Å². The SMILES string of the molecule is CC(C)CCN(Cc1ccc(CC(=O)O)cc1-c1ccc(F)cc1)C1CCC(C(C)(C)C)CC1. The highest BCUT2D eigenvalue weighted by Crippen LogP contribution is 2.39. The van der Waals surface area contributed by atoms with Crippen molar-refractivity contribution in [2.24, 2.45) is 17.3 Å². The van der Waals surface area contributed by atoms with Crippen molar-refractivity contribution in [3.8, 4) is 11.1 Å². The zero-order valence-corrected chi connectivity index (χ0v) is 21.6. The highest BCUT2D eigenvalue weighted by atomic mass is 19.1. The molecule has 0 unspecified atom stereocenters. The van der Waals surface area contributed by atoms with Gasteiger partial charge in [-0.05, 0) is 90.3 Å². The Bertz CT molecular complexity index is 937. The maximum absolute atomic E-state index is 13.6. The first-order chi connectivity index (χ1) is 16.0. The molecule has 1 aliphatic rings. The first-order valence-electron chi connectivity index (χ1n) is 12.9. The van der Waals surface area contributed by atoms with E-state index in [9.17, 15) is 14.3 Å². The number of carboxylic acid groups (broad SMARTS) is 1.